The molecule has 1 aromatic rings. The first-order chi connectivity index (χ1) is 8.12. The summed E-state index contributed by atoms with van der Waals surface area (Å²) in [7, 11) is 2.94. The third-order valence-electron chi connectivity index (χ3n) is 2.52. The zero-order valence-corrected chi connectivity index (χ0v) is 10.6. The molecule has 0 aliphatic heterocycles. The SMILES string of the molecule is C=C(OC)c1cc(CCC)cc(C(=O)OC)c1. The molecule has 0 radical (unpaired) electrons. The quantitative estimate of drug-likeness (QED) is 0.580. The molecule has 0 bridgehead atoms. The largest absolute Gasteiger partial charge is 0.497 e. The summed E-state index contributed by atoms with van der Waals surface area (Å²) in [5.41, 5.74) is 2.44. The molecule has 1 rings (SSSR count). The molecule has 0 aliphatic rings. The monoisotopic (exact) mass is 234 g/mol. The molecule has 0 aromatic heterocycles. The van der Waals surface area contributed by atoms with E-state index < -0.39 is 0 Å². The number of carbonyl (C=O) groups is 1. The highest BCUT2D eigenvalue weighted by Crippen LogP contribution is 2.19. The molecule has 0 fully saturated rings. The molecule has 0 spiro atoms. The number of hydrogen-bond donors (Lipinski definition) is 0. The minimum Gasteiger partial charge on any atom is -0.497 e. The van der Waals surface area contributed by atoms with Crippen LogP contribution in [0.3, 0.4) is 0 Å². The third kappa shape index (κ3) is 3.34. The van der Waals surface area contributed by atoms with Crippen molar-refractivity contribution >= 4 is 11.7 Å². The highest BCUT2D eigenvalue weighted by atomic mass is 16.5. The van der Waals surface area contributed by atoms with E-state index in [2.05, 4.69) is 13.5 Å². The summed E-state index contributed by atoms with van der Waals surface area (Å²) in [6, 6.07) is 5.57. The van der Waals surface area contributed by atoms with Crippen LogP contribution in [-0.4, -0.2) is 20.2 Å². The van der Waals surface area contributed by atoms with Gasteiger partial charge in [0.2, 0.25) is 0 Å². The highest BCUT2D eigenvalue weighted by molar-refractivity contribution is 5.90. The summed E-state index contributed by atoms with van der Waals surface area (Å²) < 4.78 is 9.82. The average Bonchev–Trinajstić information content (AvgIpc) is 2.36. The van der Waals surface area contributed by atoms with Gasteiger partial charge in [-0.1, -0.05) is 19.9 Å². The summed E-state index contributed by atoms with van der Waals surface area (Å²) in [6.07, 6.45) is 1.93. The molecular formula is C14H18O3. The molecule has 0 saturated heterocycles. The van der Waals surface area contributed by atoms with Crippen LogP contribution >= 0.6 is 0 Å². The Morgan fingerprint density at radius 1 is 1.18 bits per heavy atom. The van der Waals surface area contributed by atoms with Crippen LogP contribution in [0.2, 0.25) is 0 Å². The van der Waals surface area contributed by atoms with Gasteiger partial charge in [0.1, 0.15) is 5.76 Å². The Morgan fingerprint density at radius 2 is 1.82 bits per heavy atom. The number of methoxy groups -OCH3 is 2. The fourth-order valence-electron chi connectivity index (χ4n) is 1.64. The lowest BCUT2D eigenvalue weighted by atomic mass is 10.0. The van der Waals surface area contributed by atoms with Crippen LogP contribution in [0, 0.1) is 0 Å². The first kappa shape index (κ1) is 13.3. The van der Waals surface area contributed by atoms with E-state index in [9.17, 15) is 4.79 Å². The Kier molecular flexibility index (Phi) is 4.76. The van der Waals surface area contributed by atoms with E-state index in [1.165, 1.54) is 7.11 Å². The van der Waals surface area contributed by atoms with Gasteiger partial charge in [0, 0.05) is 5.56 Å². The Hall–Kier alpha value is -1.77. The zero-order chi connectivity index (χ0) is 12.8. The fourth-order valence-corrected chi connectivity index (χ4v) is 1.64. The zero-order valence-electron chi connectivity index (χ0n) is 10.6. The first-order valence-electron chi connectivity index (χ1n) is 5.58. The molecule has 0 atom stereocenters. The number of hydrogen-bond acceptors (Lipinski definition) is 3. The van der Waals surface area contributed by atoms with E-state index >= 15 is 0 Å². The van der Waals surface area contributed by atoms with E-state index in [0.717, 1.165) is 24.0 Å². The van der Waals surface area contributed by atoms with E-state index in [4.69, 9.17) is 9.47 Å². The van der Waals surface area contributed by atoms with Crippen LogP contribution in [-0.2, 0) is 15.9 Å². The van der Waals surface area contributed by atoms with Crippen molar-refractivity contribution < 1.29 is 14.3 Å². The Morgan fingerprint density at radius 3 is 2.35 bits per heavy atom. The van der Waals surface area contributed by atoms with E-state index in [1.807, 2.05) is 12.1 Å². The number of ether oxygens (including phenoxy) is 2. The van der Waals surface area contributed by atoms with Gasteiger partial charge in [0.15, 0.2) is 0 Å². The molecular weight excluding hydrogens is 216 g/mol. The van der Waals surface area contributed by atoms with Crippen molar-refractivity contribution in [3.8, 4) is 0 Å². The normalized spacial score (nSPS) is 9.82. The van der Waals surface area contributed by atoms with Crippen molar-refractivity contribution in [3.63, 3.8) is 0 Å². The number of rotatable bonds is 5. The lowest BCUT2D eigenvalue weighted by molar-refractivity contribution is 0.0600. The van der Waals surface area contributed by atoms with Gasteiger partial charge < -0.3 is 9.47 Å². The lowest BCUT2D eigenvalue weighted by Gasteiger charge is -2.09. The second-order valence-electron chi connectivity index (χ2n) is 3.79. The predicted molar refractivity (Wildman–Crippen MR) is 67.8 cm³/mol. The van der Waals surface area contributed by atoms with Gasteiger partial charge in [0.05, 0.1) is 19.8 Å². The van der Waals surface area contributed by atoms with Crippen molar-refractivity contribution in [2.24, 2.45) is 0 Å². The number of esters is 1. The highest BCUT2D eigenvalue weighted by Gasteiger charge is 2.10. The van der Waals surface area contributed by atoms with Crippen molar-refractivity contribution in [2.45, 2.75) is 19.8 Å². The molecule has 0 heterocycles. The van der Waals surface area contributed by atoms with Crippen molar-refractivity contribution in [3.05, 3.63) is 41.5 Å². The second kappa shape index (κ2) is 6.09. The summed E-state index contributed by atoms with van der Waals surface area (Å²) >= 11 is 0. The molecule has 17 heavy (non-hydrogen) atoms. The first-order valence-corrected chi connectivity index (χ1v) is 5.58. The maximum Gasteiger partial charge on any atom is 0.337 e. The molecule has 0 amide bonds. The summed E-state index contributed by atoms with van der Waals surface area (Å²) in [5.74, 6) is 0.209. The number of benzene rings is 1. The molecule has 3 heteroatoms. The standard InChI is InChI=1S/C14H18O3/c1-5-6-11-7-12(10(2)16-3)9-13(8-11)14(15)17-4/h7-9H,2,5-6H2,1,3-4H3. The molecule has 0 unspecified atom stereocenters. The van der Waals surface area contributed by atoms with Crippen molar-refractivity contribution in [1.29, 1.82) is 0 Å². The van der Waals surface area contributed by atoms with Crippen LogP contribution in [0.5, 0.6) is 0 Å². The summed E-state index contributed by atoms with van der Waals surface area (Å²) in [4.78, 5) is 11.5. The van der Waals surface area contributed by atoms with Crippen molar-refractivity contribution in [2.75, 3.05) is 14.2 Å². The minimum absolute atomic E-state index is 0.340. The summed E-state index contributed by atoms with van der Waals surface area (Å²) in [6.45, 7) is 5.89. The molecule has 0 N–H and O–H groups in total. The van der Waals surface area contributed by atoms with E-state index in [-0.39, 0.29) is 5.97 Å². The van der Waals surface area contributed by atoms with Gasteiger partial charge in [-0.05, 0) is 30.2 Å². The predicted octanol–water partition coefficient (Wildman–Crippen LogP) is 3.04. The van der Waals surface area contributed by atoms with E-state index in [1.54, 1.807) is 13.2 Å². The van der Waals surface area contributed by atoms with Crippen LogP contribution in [0.4, 0.5) is 0 Å². The second-order valence-corrected chi connectivity index (χ2v) is 3.79. The summed E-state index contributed by atoms with van der Waals surface area (Å²) in [5, 5.41) is 0. The maximum atomic E-state index is 11.5. The third-order valence-corrected chi connectivity index (χ3v) is 2.52. The van der Waals surface area contributed by atoms with Gasteiger partial charge in [-0.3, -0.25) is 0 Å². The Bertz CT molecular complexity index is 387. The van der Waals surface area contributed by atoms with Crippen LogP contribution < -0.4 is 0 Å². The number of aryl methyl sites for hydroxylation is 1. The average molecular weight is 234 g/mol. The van der Waals surface area contributed by atoms with Gasteiger partial charge in [0.25, 0.3) is 0 Å². The molecule has 0 aliphatic carbocycles. The van der Waals surface area contributed by atoms with Gasteiger partial charge in [-0.15, -0.1) is 0 Å². The van der Waals surface area contributed by atoms with Gasteiger partial charge in [-0.25, -0.2) is 4.79 Å². The molecule has 92 valence electrons. The fraction of sp³-hybridized carbons (Fsp3) is 0.357. The van der Waals surface area contributed by atoms with E-state index in [0.29, 0.717) is 11.3 Å². The number of carbonyl (C=O) groups excluding carboxylic acids is 1. The molecule has 1 aromatic carbocycles. The van der Waals surface area contributed by atoms with Gasteiger partial charge >= 0.3 is 5.97 Å². The van der Waals surface area contributed by atoms with Crippen LogP contribution in [0.25, 0.3) is 5.76 Å². The van der Waals surface area contributed by atoms with Gasteiger partial charge in [-0.2, -0.15) is 0 Å². The lowest BCUT2D eigenvalue weighted by Crippen LogP contribution is -2.03. The Balaban J connectivity index is 3.18. The van der Waals surface area contributed by atoms with Crippen LogP contribution in [0.15, 0.2) is 24.8 Å². The smallest absolute Gasteiger partial charge is 0.337 e. The Labute approximate surface area is 102 Å². The topological polar surface area (TPSA) is 35.5 Å². The molecule has 0 saturated carbocycles. The molecule has 3 nitrogen and oxygen atoms in total. The van der Waals surface area contributed by atoms with Crippen molar-refractivity contribution in [1.82, 2.24) is 0 Å². The van der Waals surface area contributed by atoms with Crippen LogP contribution in [0.1, 0.15) is 34.8 Å². The maximum absolute atomic E-state index is 11.5. The minimum atomic E-state index is -0.340.